The van der Waals surface area contributed by atoms with Crippen LogP contribution < -0.4 is 0 Å². The van der Waals surface area contributed by atoms with Crippen molar-refractivity contribution in [2.45, 2.75) is 83.8 Å². The first kappa shape index (κ1) is 15.2. The Labute approximate surface area is 141 Å². The minimum atomic E-state index is -0.215. The topological polar surface area (TPSA) is 18.5 Å². The predicted octanol–water partition coefficient (Wildman–Crippen LogP) is 5.16. The van der Waals surface area contributed by atoms with Crippen molar-refractivity contribution in [1.29, 1.82) is 0 Å². The molecule has 2 nitrogen and oxygen atoms in total. The van der Waals surface area contributed by atoms with Gasteiger partial charge < -0.3 is 9.47 Å². The number of rotatable bonds is 0. The molecule has 5 fully saturated rings. The quantitative estimate of drug-likeness (QED) is 0.614. The van der Waals surface area contributed by atoms with Crippen molar-refractivity contribution in [2.75, 3.05) is 13.2 Å². The molecule has 0 radical (unpaired) electrons. The fourth-order valence-corrected chi connectivity index (χ4v) is 8.18. The summed E-state index contributed by atoms with van der Waals surface area (Å²) in [7, 11) is 0. The molecule has 1 aliphatic heterocycles. The smallest absolute Gasteiger partial charge is 0.174 e. The minimum absolute atomic E-state index is 0.215. The molecule has 0 aromatic heterocycles. The van der Waals surface area contributed by atoms with Crippen LogP contribution in [0.25, 0.3) is 0 Å². The van der Waals surface area contributed by atoms with E-state index in [1.165, 1.54) is 57.8 Å². The highest BCUT2D eigenvalue weighted by molar-refractivity contribution is 5.12. The van der Waals surface area contributed by atoms with Crippen molar-refractivity contribution in [2.24, 2.45) is 34.5 Å². The Morgan fingerprint density at radius 3 is 2.35 bits per heavy atom. The van der Waals surface area contributed by atoms with Gasteiger partial charge in [-0.25, -0.2) is 0 Å². The van der Waals surface area contributed by atoms with E-state index in [0.29, 0.717) is 5.41 Å². The van der Waals surface area contributed by atoms with Gasteiger partial charge in [-0.3, -0.25) is 0 Å². The summed E-state index contributed by atoms with van der Waals surface area (Å²) in [6.45, 7) is 6.82. The molecule has 5 aliphatic rings. The van der Waals surface area contributed by atoms with E-state index >= 15 is 0 Å². The Balaban J connectivity index is 1.47. The highest BCUT2D eigenvalue weighted by atomic mass is 16.7. The van der Waals surface area contributed by atoms with Gasteiger partial charge in [0.25, 0.3) is 0 Å². The Hall–Kier alpha value is -0.0800. The van der Waals surface area contributed by atoms with Crippen LogP contribution in [0.15, 0.2) is 0 Å². The first-order valence-electron chi connectivity index (χ1n) is 10.4. The molecule has 2 heteroatoms. The molecule has 0 aromatic rings. The van der Waals surface area contributed by atoms with Gasteiger partial charge in [0, 0.05) is 11.8 Å². The normalized spacial score (nSPS) is 54.5. The summed E-state index contributed by atoms with van der Waals surface area (Å²) >= 11 is 0. The van der Waals surface area contributed by atoms with Crippen molar-refractivity contribution in [1.82, 2.24) is 0 Å². The van der Waals surface area contributed by atoms with Gasteiger partial charge in [0.15, 0.2) is 5.79 Å². The summed E-state index contributed by atoms with van der Waals surface area (Å²) in [6, 6.07) is 0. The van der Waals surface area contributed by atoms with Gasteiger partial charge >= 0.3 is 0 Å². The van der Waals surface area contributed by atoms with Crippen LogP contribution in [0.5, 0.6) is 0 Å². The highest BCUT2D eigenvalue weighted by Gasteiger charge is 2.66. The molecule has 23 heavy (non-hydrogen) atoms. The standard InChI is InChI=1S/C21H34O2/c1-19-10-4-3-5-15(19)6-7-16-17(19)8-11-20(2)18(16)9-12-21(20)22-13-14-23-21/h15-18H,3-14H2,1-2H3/t15-,16+,17-,18+,19+,20+/m0/s1. The second-order valence-corrected chi connectivity index (χ2v) is 9.85. The number of fused-ring (bicyclic) bond motifs is 6. The van der Waals surface area contributed by atoms with Crippen molar-refractivity contribution >= 4 is 0 Å². The van der Waals surface area contributed by atoms with E-state index in [1.807, 2.05) is 0 Å². The van der Waals surface area contributed by atoms with Crippen LogP contribution in [0, 0.1) is 34.5 Å². The van der Waals surface area contributed by atoms with Gasteiger partial charge in [-0.1, -0.05) is 26.7 Å². The molecule has 0 bridgehead atoms. The summed E-state index contributed by atoms with van der Waals surface area (Å²) in [5, 5.41) is 0. The van der Waals surface area contributed by atoms with E-state index in [2.05, 4.69) is 13.8 Å². The lowest BCUT2D eigenvalue weighted by Gasteiger charge is -2.61. The van der Waals surface area contributed by atoms with Gasteiger partial charge in [0.1, 0.15) is 0 Å². The van der Waals surface area contributed by atoms with E-state index in [0.717, 1.165) is 43.3 Å². The maximum atomic E-state index is 6.26. The Morgan fingerprint density at radius 1 is 0.739 bits per heavy atom. The number of ether oxygens (including phenoxy) is 2. The fourth-order valence-electron chi connectivity index (χ4n) is 8.18. The molecular weight excluding hydrogens is 284 g/mol. The molecule has 1 spiro atoms. The van der Waals surface area contributed by atoms with Crippen molar-refractivity contribution < 1.29 is 9.47 Å². The molecule has 130 valence electrons. The lowest BCUT2D eigenvalue weighted by Crippen LogP contribution is -2.56. The third kappa shape index (κ3) is 1.83. The number of hydrogen-bond acceptors (Lipinski definition) is 2. The molecule has 1 saturated heterocycles. The Bertz CT molecular complexity index is 482. The van der Waals surface area contributed by atoms with Crippen LogP contribution in [0.4, 0.5) is 0 Å². The average molecular weight is 319 g/mol. The Kier molecular flexibility index (Phi) is 3.29. The highest BCUT2D eigenvalue weighted by Crippen LogP contribution is 2.69. The van der Waals surface area contributed by atoms with E-state index in [-0.39, 0.29) is 11.2 Å². The lowest BCUT2D eigenvalue weighted by atomic mass is 9.45. The van der Waals surface area contributed by atoms with Crippen LogP contribution in [0.1, 0.15) is 78.1 Å². The predicted molar refractivity (Wildman–Crippen MR) is 91.0 cm³/mol. The molecule has 0 amide bonds. The second kappa shape index (κ2) is 4.97. The summed E-state index contributed by atoms with van der Waals surface area (Å²) in [6.07, 6.45) is 14.2. The minimum Gasteiger partial charge on any atom is -0.347 e. The first-order valence-corrected chi connectivity index (χ1v) is 10.4. The van der Waals surface area contributed by atoms with Crippen molar-refractivity contribution in [3.8, 4) is 0 Å². The summed E-state index contributed by atoms with van der Waals surface area (Å²) < 4.78 is 12.5. The van der Waals surface area contributed by atoms with Crippen molar-refractivity contribution in [3.63, 3.8) is 0 Å². The molecular formula is C21H34O2. The largest absolute Gasteiger partial charge is 0.347 e. The maximum absolute atomic E-state index is 6.26. The monoisotopic (exact) mass is 318 g/mol. The summed E-state index contributed by atoms with van der Waals surface area (Å²) in [5.74, 6) is 3.58. The molecule has 4 saturated carbocycles. The van der Waals surface area contributed by atoms with Crippen LogP contribution in [-0.4, -0.2) is 19.0 Å². The van der Waals surface area contributed by atoms with Crippen LogP contribution in [-0.2, 0) is 9.47 Å². The zero-order valence-electron chi connectivity index (χ0n) is 15.1. The van der Waals surface area contributed by atoms with Gasteiger partial charge in [0.2, 0.25) is 0 Å². The molecule has 0 N–H and O–H groups in total. The van der Waals surface area contributed by atoms with E-state index < -0.39 is 0 Å². The average Bonchev–Trinajstić information content (AvgIpc) is 3.14. The maximum Gasteiger partial charge on any atom is 0.174 e. The van der Waals surface area contributed by atoms with Gasteiger partial charge in [-0.15, -0.1) is 0 Å². The lowest BCUT2D eigenvalue weighted by molar-refractivity contribution is -0.247. The molecule has 4 aliphatic carbocycles. The van der Waals surface area contributed by atoms with Crippen LogP contribution in [0.2, 0.25) is 0 Å². The van der Waals surface area contributed by atoms with Crippen molar-refractivity contribution in [3.05, 3.63) is 0 Å². The SMILES string of the molecule is C[C@@]12CCCC[C@H]1CC[C@H]1[C@H]3CCC4(OCCO4)[C@]3(C)CC[C@@H]12. The Morgan fingerprint density at radius 2 is 1.52 bits per heavy atom. The zero-order chi connectivity index (χ0) is 15.7. The van der Waals surface area contributed by atoms with Gasteiger partial charge in [-0.2, -0.15) is 0 Å². The summed E-state index contributed by atoms with van der Waals surface area (Å²) in [5.41, 5.74) is 0.929. The summed E-state index contributed by atoms with van der Waals surface area (Å²) in [4.78, 5) is 0. The molecule has 0 aromatic carbocycles. The third-order valence-corrected chi connectivity index (χ3v) is 9.38. The van der Waals surface area contributed by atoms with E-state index in [9.17, 15) is 0 Å². The third-order valence-electron chi connectivity index (χ3n) is 9.38. The molecule has 5 rings (SSSR count). The van der Waals surface area contributed by atoms with E-state index in [1.54, 1.807) is 0 Å². The van der Waals surface area contributed by atoms with Crippen LogP contribution in [0.3, 0.4) is 0 Å². The molecule has 1 heterocycles. The zero-order valence-corrected chi connectivity index (χ0v) is 15.1. The number of hydrogen-bond donors (Lipinski definition) is 0. The van der Waals surface area contributed by atoms with Crippen LogP contribution >= 0.6 is 0 Å². The van der Waals surface area contributed by atoms with E-state index in [4.69, 9.17) is 9.47 Å². The second-order valence-electron chi connectivity index (χ2n) is 9.85. The fraction of sp³-hybridized carbons (Fsp3) is 1.00. The van der Waals surface area contributed by atoms with Gasteiger partial charge in [0.05, 0.1) is 13.2 Å². The first-order chi connectivity index (χ1) is 11.1. The molecule has 0 unspecified atom stereocenters. The van der Waals surface area contributed by atoms with Gasteiger partial charge in [-0.05, 0) is 74.0 Å². The molecule has 6 atom stereocenters.